The van der Waals surface area contributed by atoms with E-state index in [1.165, 1.54) is 10.5 Å². The molecule has 1 aromatic carbocycles. The van der Waals surface area contributed by atoms with Crippen LogP contribution in [0.1, 0.15) is 45.4 Å². The summed E-state index contributed by atoms with van der Waals surface area (Å²) in [6.45, 7) is 11.4. The van der Waals surface area contributed by atoms with E-state index >= 15 is 0 Å². The van der Waals surface area contributed by atoms with Crippen LogP contribution in [0.3, 0.4) is 0 Å². The smallest absolute Gasteiger partial charge is 0.0487 e. The molecule has 0 radical (unpaired) electrons. The van der Waals surface area contributed by atoms with Crippen LogP contribution in [0.2, 0.25) is 0 Å². The van der Waals surface area contributed by atoms with Crippen molar-refractivity contribution in [1.29, 1.82) is 0 Å². The van der Waals surface area contributed by atoms with E-state index in [4.69, 9.17) is 0 Å². The second-order valence-corrected chi connectivity index (χ2v) is 8.22. The average molecular weight is 295 g/mol. The minimum absolute atomic E-state index is 0.238. The first kappa shape index (κ1) is 16.7. The predicted molar refractivity (Wildman–Crippen MR) is 93.0 cm³/mol. The largest absolute Gasteiger partial charge is 0.150 e. The number of hydrogen-bond acceptors (Lipinski definition) is 2. The van der Waals surface area contributed by atoms with E-state index < -0.39 is 0 Å². The molecule has 0 saturated heterocycles. The van der Waals surface area contributed by atoms with Crippen molar-refractivity contribution in [2.75, 3.05) is 11.5 Å². The summed E-state index contributed by atoms with van der Waals surface area (Å²) in [6, 6.07) is 10.8. The molecule has 0 N–H and O–H groups in total. The highest BCUT2D eigenvalue weighted by Gasteiger charge is 2.19. The van der Waals surface area contributed by atoms with E-state index in [1.807, 2.05) is 23.5 Å². The Morgan fingerprint density at radius 3 is 2.21 bits per heavy atom. The Balaban J connectivity index is 3.04. The monoisotopic (exact) mass is 294 g/mol. The Bertz CT molecular complexity index is 387. The molecule has 0 aliphatic heterocycles. The zero-order chi connectivity index (χ0) is 14.3. The third-order valence-electron chi connectivity index (χ3n) is 2.82. The lowest BCUT2D eigenvalue weighted by molar-refractivity contribution is 0.531. The third kappa shape index (κ3) is 5.66. The van der Waals surface area contributed by atoms with Gasteiger partial charge in [0, 0.05) is 5.25 Å². The molecule has 0 aromatic heterocycles. The van der Waals surface area contributed by atoms with Crippen molar-refractivity contribution in [3.63, 3.8) is 0 Å². The average Bonchev–Trinajstić information content (AvgIpc) is 2.37. The van der Waals surface area contributed by atoms with Crippen LogP contribution in [0.4, 0.5) is 0 Å². The van der Waals surface area contributed by atoms with Crippen LogP contribution in [0.15, 0.2) is 41.3 Å². The Morgan fingerprint density at radius 1 is 1.11 bits per heavy atom. The lowest BCUT2D eigenvalue weighted by Crippen LogP contribution is -2.08. The summed E-state index contributed by atoms with van der Waals surface area (Å²) < 4.78 is 0. The first-order valence-corrected chi connectivity index (χ1v) is 9.04. The van der Waals surface area contributed by atoms with E-state index in [-0.39, 0.29) is 5.41 Å². The fourth-order valence-electron chi connectivity index (χ4n) is 1.87. The van der Waals surface area contributed by atoms with Gasteiger partial charge in [0.05, 0.1) is 0 Å². The van der Waals surface area contributed by atoms with Crippen molar-refractivity contribution in [1.82, 2.24) is 0 Å². The quantitative estimate of drug-likeness (QED) is 0.616. The number of allylic oxidation sites excluding steroid dienone is 1. The van der Waals surface area contributed by atoms with Crippen LogP contribution in [0.25, 0.3) is 0 Å². The maximum Gasteiger partial charge on any atom is 0.0487 e. The van der Waals surface area contributed by atoms with Crippen LogP contribution in [0.5, 0.6) is 0 Å². The van der Waals surface area contributed by atoms with Gasteiger partial charge in [0.2, 0.25) is 0 Å². The maximum absolute atomic E-state index is 2.47. The van der Waals surface area contributed by atoms with Gasteiger partial charge in [-0.1, -0.05) is 71.0 Å². The summed E-state index contributed by atoms with van der Waals surface area (Å²) in [5, 5.41) is 0.472. The molecular weight excluding hydrogens is 268 g/mol. The molecule has 0 fully saturated rings. The van der Waals surface area contributed by atoms with Crippen LogP contribution >= 0.6 is 23.5 Å². The summed E-state index contributed by atoms with van der Waals surface area (Å²) >= 11 is 3.99. The fraction of sp³-hybridized carbons (Fsp3) is 0.529. The second-order valence-electron chi connectivity index (χ2n) is 5.50. The molecule has 0 heterocycles. The van der Waals surface area contributed by atoms with Gasteiger partial charge in [-0.25, -0.2) is 0 Å². The van der Waals surface area contributed by atoms with Gasteiger partial charge < -0.3 is 0 Å². The third-order valence-corrected chi connectivity index (χ3v) is 5.26. The topological polar surface area (TPSA) is 0 Å². The molecule has 106 valence electrons. The Kier molecular flexibility index (Phi) is 7.09. The Hall–Kier alpha value is -0.340. The molecule has 0 amide bonds. The molecule has 0 aliphatic carbocycles. The van der Waals surface area contributed by atoms with Crippen molar-refractivity contribution in [3.05, 3.63) is 46.9 Å². The van der Waals surface area contributed by atoms with E-state index in [0.717, 1.165) is 11.5 Å². The molecule has 0 spiro atoms. The summed E-state index contributed by atoms with van der Waals surface area (Å²) in [5.41, 5.74) is 1.65. The molecule has 1 unspecified atom stereocenters. The minimum Gasteiger partial charge on any atom is -0.150 e. The summed E-state index contributed by atoms with van der Waals surface area (Å²) in [5.74, 6) is 2.28. The van der Waals surface area contributed by atoms with Gasteiger partial charge in [-0.3, -0.25) is 0 Å². The maximum atomic E-state index is 2.47. The van der Waals surface area contributed by atoms with Gasteiger partial charge in [-0.05, 0) is 27.4 Å². The van der Waals surface area contributed by atoms with Crippen molar-refractivity contribution >= 4 is 23.5 Å². The summed E-state index contributed by atoms with van der Waals surface area (Å²) in [4.78, 5) is 1.50. The molecule has 1 rings (SSSR count). The highest BCUT2D eigenvalue weighted by molar-refractivity contribution is 8.03. The van der Waals surface area contributed by atoms with Crippen LogP contribution in [-0.4, -0.2) is 11.5 Å². The summed E-state index contributed by atoms with van der Waals surface area (Å²) in [6.07, 6.45) is 2.47. The molecule has 2 heteroatoms. The van der Waals surface area contributed by atoms with Crippen LogP contribution in [-0.2, 0) is 0 Å². The lowest BCUT2D eigenvalue weighted by atomic mass is 9.94. The van der Waals surface area contributed by atoms with Crippen LogP contribution < -0.4 is 0 Å². The molecule has 19 heavy (non-hydrogen) atoms. The first-order chi connectivity index (χ1) is 8.99. The first-order valence-electron chi connectivity index (χ1n) is 7.00. The predicted octanol–water partition coefficient (Wildman–Crippen LogP) is 6.16. The normalized spacial score (nSPS) is 14.5. The Labute approximate surface area is 127 Å². The van der Waals surface area contributed by atoms with Gasteiger partial charge in [-0.2, -0.15) is 0 Å². The molecule has 0 bridgehead atoms. The van der Waals surface area contributed by atoms with E-state index in [2.05, 4.69) is 71.0 Å². The highest BCUT2D eigenvalue weighted by Crippen LogP contribution is 2.40. The molecule has 0 saturated carbocycles. The SMILES string of the molecule is CCS/C(=C\C(SCC)c1ccccc1)C(C)(C)C. The molecular formula is C17H26S2. The van der Waals surface area contributed by atoms with Crippen molar-refractivity contribution in [3.8, 4) is 0 Å². The van der Waals surface area contributed by atoms with Crippen molar-refractivity contribution in [2.45, 2.75) is 39.9 Å². The standard InChI is InChI=1S/C17H26S2/c1-6-18-15(14-11-9-8-10-12-14)13-16(19-7-2)17(3,4)5/h8-13,15H,6-7H2,1-5H3/b16-13-. The Morgan fingerprint density at radius 2 is 1.74 bits per heavy atom. The number of thioether (sulfide) groups is 2. The number of hydrogen-bond donors (Lipinski definition) is 0. The van der Waals surface area contributed by atoms with E-state index in [9.17, 15) is 0 Å². The van der Waals surface area contributed by atoms with E-state index in [0.29, 0.717) is 5.25 Å². The van der Waals surface area contributed by atoms with Crippen LogP contribution in [0, 0.1) is 5.41 Å². The number of rotatable bonds is 6. The fourth-order valence-corrected chi connectivity index (χ4v) is 3.87. The summed E-state index contributed by atoms with van der Waals surface area (Å²) in [7, 11) is 0. The molecule has 1 atom stereocenters. The lowest BCUT2D eigenvalue weighted by Gasteiger charge is -2.24. The highest BCUT2D eigenvalue weighted by atomic mass is 32.2. The van der Waals surface area contributed by atoms with Gasteiger partial charge in [-0.15, -0.1) is 23.5 Å². The van der Waals surface area contributed by atoms with Crippen molar-refractivity contribution < 1.29 is 0 Å². The number of benzene rings is 1. The second kappa shape index (κ2) is 8.06. The zero-order valence-corrected chi connectivity index (χ0v) is 14.4. The van der Waals surface area contributed by atoms with E-state index in [1.54, 1.807) is 0 Å². The zero-order valence-electron chi connectivity index (χ0n) is 12.8. The molecule has 0 nitrogen and oxygen atoms in total. The van der Waals surface area contributed by atoms with Gasteiger partial charge in [0.25, 0.3) is 0 Å². The molecule has 1 aromatic rings. The van der Waals surface area contributed by atoms with Gasteiger partial charge >= 0.3 is 0 Å². The minimum atomic E-state index is 0.238. The van der Waals surface area contributed by atoms with Gasteiger partial charge in [0.1, 0.15) is 0 Å². The van der Waals surface area contributed by atoms with Gasteiger partial charge in [0.15, 0.2) is 0 Å². The van der Waals surface area contributed by atoms with Crippen molar-refractivity contribution in [2.24, 2.45) is 5.41 Å². The molecule has 0 aliphatic rings.